The van der Waals surface area contributed by atoms with Crippen LogP contribution in [0, 0.1) is 18.8 Å². The van der Waals surface area contributed by atoms with Gasteiger partial charge >= 0.3 is 0 Å². The SMILES string of the molecule is Cc1ccnc(NCC2CCCC2CO)c1Br. The highest BCUT2D eigenvalue weighted by Gasteiger charge is 2.26. The van der Waals surface area contributed by atoms with Gasteiger partial charge in [0.15, 0.2) is 0 Å². The first-order valence-corrected chi connectivity index (χ1v) is 6.97. The van der Waals surface area contributed by atoms with E-state index < -0.39 is 0 Å². The molecule has 2 atom stereocenters. The van der Waals surface area contributed by atoms with Crippen molar-refractivity contribution in [2.75, 3.05) is 18.5 Å². The molecule has 4 heteroatoms. The van der Waals surface area contributed by atoms with Gasteiger partial charge in [0.25, 0.3) is 0 Å². The maximum absolute atomic E-state index is 9.28. The number of rotatable bonds is 4. The molecule has 1 aliphatic carbocycles. The van der Waals surface area contributed by atoms with Crippen molar-refractivity contribution in [2.24, 2.45) is 11.8 Å². The number of aryl methyl sites for hydroxylation is 1. The number of aromatic nitrogens is 1. The molecule has 1 fully saturated rings. The van der Waals surface area contributed by atoms with E-state index in [0.29, 0.717) is 18.4 Å². The Kier molecular flexibility index (Phi) is 4.40. The van der Waals surface area contributed by atoms with E-state index >= 15 is 0 Å². The molecule has 2 unspecified atom stereocenters. The molecule has 0 radical (unpaired) electrons. The number of hydrogen-bond acceptors (Lipinski definition) is 3. The van der Waals surface area contributed by atoms with E-state index in [2.05, 4.69) is 33.2 Å². The van der Waals surface area contributed by atoms with Gasteiger partial charge in [-0.15, -0.1) is 0 Å². The van der Waals surface area contributed by atoms with Gasteiger partial charge in [-0.3, -0.25) is 0 Å². The summed E-state index contributed by atoms with van der Waals surface area (Å²) in [5.74, 6) is 1.95. The average Bonchev–Trinajstić information content (AvgIpc) is 2.78. The molecular weight excluding hydrogens is 280 g/mol. The first-order chi connectivity index (χ1) is 8.22. The number of halogens is 1. The van der Waals surface area contributed by atoms with Gasteiger partial charge in [0, 0.05) is 19.3 Å². The van der Waals surface area contributed by atoms with Crippen LogP contribution in [0.25, 0.3) is 0 Å². The van der Waals surface area contributed by atoms with Crippen LogP contribution in [0.5, 0.6) is 0 Å². The molecular formula is C13H19BrN2O. The fourth-order valence-electron chi connectivity index (χ4n) is 2.51. The quantitative estimate of drug-likeness (QED) is 0.898. The van der Waals surface area contributed by atoms with Gasteiger partial charge in [-0.05, 0) is 59.2 Å². The van der Waals surface area contributed by atoms with Gasteiger partial charge in [-0.1, -0.05) is 6.42 Å². The highest BCUT2D eigenvalue weighted by molar-refractivity contribution is 9.10. The fourth-order valence-corrected chi connectivity index (χ4v) is 2.89. The van der Waals surface area contributed by atoms with E-state index in [9.17, 15) is 5.11 Å². The number of hydrogen-bond donors (Lipinski definition) is 2. The summed E-state index contributed by atoms with van der Waals surface area (Å²) in [4.78, 5) is 4.33. The van der Waals surface area contributed by atoms with E-state index in [0.717, 1.165) is 23.3 Å². The average molecular weight is 299 g/mol. The largest absolute Gasteiger partial charge is 0.396 e. The van der Waals surface area contributed by atoms with Gasteiger partial charge in [0.2, 0.25) is 0 Å². The number of aliphatic hydroxyl groups excluding tert-OH is 1. The van der Waals surface area contributed by atoms with Crippen molar-refractivity contribution >= 4 is 21.7 Å². The lowest BCUT2D eigenvalue weighted by atomic mass is 9.97. The highest BCUT2D eigenvalue weighted by Crippen LogP contribution is 2.32. The summed E-state index contributed by atoms with van der Waals surface area (Å²) < 4.78 is 1.04. The molecule has 3 nitrogen and oxygen atoms in total. The summed E-state index contributed by atoms with van der Waals surface area (Å²) >= 11 is 3.55. The molecule has 0 aliphatic heterocycles. The van der Waals surface area contributed by atoms with Crippen molar-refractivity contribution in [3.05, 3.63) is 22.3 Å². The molecule has 0 amide bonds. The Balaban J connectivity index is 1.95. The molecule has 94 valence electrons. The third kappa shape index (κ3) is 2.99. The Morgan fingerprint density at radius 1 is 1.47 bits per heavy atom. The van der Waals surface area contributed by atoms with Crippen LogP contribution in [0.4, 0.5) is 5.82 Å². The summed E-state index contributed by atoms with van der Waals surface area (Å²) in [5, 5.41) is 12.7. The first-order valence-electron chi connectivity index (χ1n) is 6.18. The summed E-state index contributed by atoms with van der Waals surface area (Å²) in [6, 6.07) is 1.99. The first kappa shape index (κ1) is 12.8. The van der Waals surface area contributed by atoms with Crippen LogP contribution in [-0.2, 0) is 0 Å². The maximum atomic E-state index is 9.28. The summed E-state index contributed by atoms with van der Waals surface area (Å²) in [6.45, 7) is 3.28. The topological polar surface area (TPSA) is 45.2 Å². The van der Waals surface area contributed by atoms with Crippen LogP contribution in [-0.4, -0.2) is 23.2 Å². The monoisotopic (exact) mass is 298 g/mol. The molecule has 0 bridgehead atoms. The van der Waals surface area contributed by atoms with E-state index in [1.165, 1.54) is 18.4 Å². The molecule has 0 spiro atoms. The Labute approximate surface area is 111 Å². The van der Waals surface area contributed by atoms with Crippen molar-refractivity contribution < 1.29 is 5.11 Å². The zero-order valence-electron chi connectivity index (χ0n) is 10.1. The van der Waals surface area contributed by atoms with Crippen LogP contribution in [0.1, 0.15) is 24.8 Å². The summed E-state index contributed by atoms with van der Waals surface area (Å²) in [5.41, 5.74) is 1.19. The molecule has 1 saturated carbocycles. The van der Waals surface area contributed by atoms with E-state index in [4.69, 9.17) is 0 Å². The molecule has 1 aromatic heterocycles. The normalized spacial score (nSPS) is 23.9. The van der Waals surface area contributed by atoms with Crippen molar-refractivity contribution in [3.8, 4) is 0 Å². The molecule has 1 aliphatic rings. The smallest absolute Gasteiger partial charge is 0.140 e. The third-order valence-corrected chi connectivity index (χ3v) is 4.67. The standard InChI is InChI=1S/C13H19BrN2O/c1-9-5-6-15-13(12(9)14)16-7-10-3-2-4-11(10)8-17/h5-6,10-11,17H,2-4,7-8H2,1H3,(H,15,16). The number of nitrogens with zero attached hydrogens (tertiary/aromatic N) is 1. The third-order valence-electron chi connectivity index (χ3n) is 3.66. The Morgan fingerprint density at radius 2 is 2.24 bits per heavy atom. The number of anilines is 1. The van der Waals surface area contributed by atoms with Crippen molar-refractivity contribution in [1.82, 2.24) is 4.98 Å². The van der Waals surface area contributed by atoms with E-state index in [1.807, 2.05) is 12.3 Å². The molecule has 2 N–H and O–H groups in total. The second-order valence-electron chi connectivity index (χ2n) is 4.80. The molecule has 2 rings (SSSR count). The lowest BCUT2D eigenvalue weighted by molar-refractivity contribution is 0.199. The minimum atomic E-state index is 0.314. The van der Waals surface area contributed by atoms with Crippen LogP contribution in [0.15, 0.2) is 16.7 Å². The van der Waals surface area contributed by atoms with Gasteiger partial charge < -0.3 is 10.4 Å². The van der Waals surface area contributed by atoms with E-state index in [1.54, 1.807) is 0 Å². The van der Waals surface area contributed by atoms with Gasteiger partial charge in [0.05, 0.1) is 4.47 Å². The number of nitrogens with one attached hydrogen (secondary N) is 1. The molecule has 1 aromatic rings. The maximum Gasteiger partial charge on any atom is 0.140 e. The van der Waals surface area contributed by atoms with Crippen LogP contribution in [0.3, 0.4) is 0 Å². The van der Waals surface area contributed by atoms with Crippen LogP contribution >= 0.6 is 15.9 Å². The lowest BCUT2D eigenvalue weighted by Crippen LogP contribution is -2.21. The second-order valence-corrected chi connectivity index (χ2v) is 5.60. The molecule has 17 heavy (non-hydrogen) atoms. The lowest BCUT2D eigenvalue weighted by Gasteiger charge is -2.18. The predicted octanol–water partition coefficient (Wildman–Crippen LogP) is 2.97. The zero-order valence-corrected chi connectivity index (χ0v) is 11.7. The summed E-state index contributed by atoms with van der Waals surface area (Å²) in [7, 11) is 0. The predicted molar refractivity (Wildman–Crippen MR) is 73.1 cm³/mol. The van der Waals surface area contributed by atoms with Crippen LogP contribution < -0.4 is 5.32 Å². The van der Waals surface area contributed by atoms with E-state index in [-0.39, 0.29) is 0 Å². The van der Waals surface area contributed by atoms with Crippen LogP contribution in [0.2, 0.25) is 0 Å². The van der Waals surface area contributed by atoms with Crippen molar-refractivity contribution in [2.45, 2.75) is 26.2 Å². The molecule has 1 heterocycles. The van der Waals surface area contributed by atoms with Gasteiger partial charge in [-0.25, -0.2) is 4.98 Å². The van der Waals surface area contributed by atoms with Gasteiger partial charge in [0.1, 0.15) is 5.82 Å². The Morgan fingerprint density at radius 3 is 3.00 bits per heavy atom. The molecule has 0 aromatic carbocycles. The zero-order chi connectivity index (χ0) is 12.3. The number of aliphatic hydroxyl groups is 1. The fraction of sp³-hybridized carbons (Fsp3) is 0.615. The second kappa shape index (κ2) is 5.83. The minimum Gasteiger partial charge on any atom is -0.396 e. The van der Waals surface area contributed by atoms with Crippen molar-refractivity contribution in [3.63, 3.8) is 0 Å². The highest BCUT2D eigenvalue weighted by atomic mass is 79.9. The molecule has 0 saturated heterocycles. The Bertz CT molecular complexity index is 384. The number of pyridine rings is 1. The summed E-state index contributed by atoms with van der Waals surface area (Å²) in [6.07, 6.45) is 5.42. The Hall–Kier alpha value is -0.610. The minimum absolute atomic E-state index is 0.314. The van der Waals surface area contributed by atoms with Crippen molar-refractivity contribution in [1.29, 1.82) is 0 Å². The van der Waals surface area contributed by atoms with Gasteiger partial charge in [-0.2, -0.15) is 0 Å².